The third-order valence-electron chi connectivity index (χ3n) is 8.39. The van der Waals surface area contributed by atoms with Crippen molar-refractivity contribution < 1.29 is 0 Å². The predicted molar refractivity (Wildman–Crippen MR) is 137 cm³/mol. The number of aryl methyl sites for hydroxylation is 1. The average molecular weight is 450 g/mol. The molecule has 3 saturated heterocycles. The summed E-state index contributed by atoms with van der Waals surface area (Å²) in [6.07, 6.45) is 15.0. The molecule has 0 bridgehead atoms. The molecular weight excluding hydrogens is 406 g/mol. The van der Waals surface area contributed by atoms with Gasteiger partial charge in [0.05, 0.1) is 6.20 Å². The third kappa shape index (κ3) is 6.06. The van der Waals surface area contributed by atoms with Gasteiger partial charge in [-0.2, -0.15) is 5.10 Å². The summed E-state index contributed by atoms with van der Waals surface area (Å²) < 4.78 is 2.14. The smallest absolute Gasteiger partial charge is 0.0568 e. The molecule has 5 heteroatoms. The van der Waals surface area contributed by atoms with Gasteiger partial charge in [-0.05, 0) is 115 Å². The number of hydrogen-bond acceptors (Lipinski definition) is 4. The highest BCUT2D eigenvalue weighted by Gasteiger charge is 2.25. The Balaban J connectivity index is 1.05. The van der Waals surface area contributed by atoms with E-state index in [-0.39, 0.29) is 0 Å². The normalized spacial score (nSPS) is 22.7. The first-order valence-corrected chi connectivity index (χ1v) is 13.5. The van der Waals surface area contributed by atoms with Gasteiger partial charge in [-0.25, -0.2) is 0 Å². The SMILES string of the molecule is CN1CCC(c2ccc(-c3cnn(CCCN4CCC(N5CCCCC5)CC4)c3)cc2)CC1. The number of benzene rings is 1. The summed E-state index contributed by atoms with van der Waals surface area (Å²) in [5, 5.41) is 4.66. The Morgan fingerprint density at radius 1 is 0.788 bits per heavy atom. The van der Waals surface area contributed by atoms with Gasteiger partial charge in [-0.3, -0.25) is 4.68 Å². The first-order chi connectivity index (χ1) is 16.2. The zero-order chi connectivity index (χ0) is 22.5. The van der Waals surface area contributed by atoms with Crippen LogP contribution in [0.4, 0.5) is 0 Å². The number of aromatic nitrogens is 2. The van der Waals surface area contributed by atoms with Gasteiger partial charge >= 0.3 is 0 Å². The standard InChI is InChI=1S/C28H43N5/c1-30-18-10-26(11-19-30)24-6-8-25(9-7-24)27-22-29-33(23-27)17-5-14-31-20-12-28(13-21-31)32-15-3-2-4-16-32/h6-9,22-23,26,28H,2-5,10-21H2,1H3. The van der Waals surface area contributed by atoms with Crippen LogP contribution >= 0.6 is 0 Å². The van der Waals surface area contributed by atoms with Crippen LogP contribution in [0.25, 0.3) is 11.1 Å². The molecule has 0 saturated carbocycles. The Hall–Kier alpha value is -1.69. The predicted octanol–water partition coefficient (Wildman–Crippen LogP) is 4.70. The van der Waals surface area contributed by atoms with Gasteiger partial charge < -0.3 is 14.7 Å². The van der Waals surface area contributed by atoms with E-state index in [1.54, 1.807) is 0 Å². The molecule has 0 aliphatic carbocycles. The maximum absolute atomic E-state index is 4.66. The summed E-state index contributed by atoms with van der Waals surface area (Å²) in [6, 6.07) is 10.1. The molecule has 3 aliphatic heterocycles. The molecular formula is C28H43N5. The van der Waals surface area contributed by atoms with Crippen LogP contribution in [0, 0.1) is 0 Å². The van der Waals surface area contributed by atoms with Gasteiger partial charge in [0.1, 0.15) is 0 Å². The fourth-order valence-electron chi connectivity index (χ4n) is 6.17. The molecule has 0 radical (unpaired) electrons. The summed E-state index contributed by atoms with van der Waals surface area (Å²) >= 11 is 0. The van der Waals surface area contributed by atoms with Crippen LogP contribution in [0.15, 0.2) is 36.7 Å². The minimum Gasteiger partial charge on any atom is -0.306 e. The lowest BCUT2D eigenvalue weighted by Crippen LogP contribution is -2.46. The van der Waals surface area contributed by atoms with Crippen LogP contribution in [0.1, 0.15) is 62.8 Å². The van der Waals surface area contributed by atoms with Crippen molar-refractivity contribution in [3.8, 4) is 11.1 Å². The maximum atomic E-state index is 4.66. The van der Waals surface area contributed by atoms with Crippen molar-refractivity contribution in [2.75, 3.05) is 52.9 Å². The van der Waals surface area contributed by atoms with Crippen LogP contribution in [0.5, 0.6) is 0 Å². The summed E-state index contributed by atoms with van der Waals surface area (Å²) in [4.78, 5) is 7.88. The van der Waals surface area contributed by atoms with Crippen molar-refractivity contribution in [2.45, 2.75) is 69.9 Å². The molecule has 4 heterocycles. The van der Waals surface area contributed by atoms with Crippen molar-refractivity contribution in [1.29, 1.82) is 0 Å². The van der Waals surface area contributed by atoms with Gasteiger partial charge in [0.2, 0.25) is 0 Å². The summed E-state index contributed by atoms with van der Waals surface area (Å²) in [6.45, 7) is 9.88. The molecule has 0 atom stereocenters. The fourth-order valence-corrected chi connectivity index (χ4v) is 6.17. The van der Waals surface area contributed by atoms with Crippen molar-refractivity contribution in [1.82, 2.24) is 24.5 Å². The molecule has 3 fully saturated rings. The molecule has 1 aromatic carbocycles. The van der Waals surface area contributed by atoms with E-state index in [1.165, 1.54) is 114 Å². The largest absolute Gasteiger partial charge is 0.306 e. The molecule has 5 rings (SSSR count). The summed E-state index contributed by atoms with van der Waals surface area (Å²) in [5.74, 6) is 0.725. The number of piperidine rings is 3. The zero-order valence-corrected chi connectivity index (χ0v) is 20.7. The van der Waals surface area contributed by atoms with Crippen LogP contribution in [-0.4, -0.2) is 83.4 Å². The second-order valence-electron chi connectivity index (χ2n) is 10.7. The zero-order valence-electron chi connectivity index (χ0n) is 20.7. The Kier molecular flexibility index (Phi) is 7.80. The monoisotopic (exact) mass is 449 g/mol. The number of hydrogen-bond donors (Lipinski definition) is 0. The lowest BCUT2D eigenvalue weighted by Gasteiger charge is -2.40. The number of nitrogens with zero attached hydrogens (tertiary/aromatic N) is 5. The molecule has 0 spiro atoms. The lowest BCUT2D eigenvalue weighted by atomic mass is 9.89. The van der Waals surface area contributed by atoms with Crippen LogP contribution in [-0.2, 0) is 6.54 Å². The highest BCUT2D eigenvalue weighted by Crippen LogP contribution is 2.29. The number of rotatable bonds is 7. The van der Waals surface area contributed by atoms with E-state index in [0.717, 1.165) is 18.5 Å². The molecule has 180 valence electrons. The molecule has 3 aliphatic rings. The Morgan fingerprint density at radius 2 is 1.52 bits per heavy atom. The molecule has 2 aromatic rings. The lowest BCUT2D eigenvalue weighted by molar-refractivity contribution is 0.0915. The molecule has 0 amide bonds. The highest BCUT2D eigenvalue weighted by molar-refractivity contribution is 5.62. The van der Waals surface area contributed by atoms with Crippen molar-refractivity contribution >= 4 is 0 Å². The summed E-state index contributed by atoms with van der Waals surface area (Å²) in [5.41, 5.74) is 4.04. The minimum absolute atomic E-state index is 0.725. The van der Waals surface area contributed by atoms with Gasteiger partial charge in [0, 0.05) is 24.3 Å². The van der Waals surface area contributed by atoms with E-state index in [2.05, 4.69) is 62.0 Å². The molecule has 0 N–H and O–H groups in total. The highest BCUT2D eigenvalue weighted by atomic mass is 15.3. The van der Waals surface area contributed by atoms with Crippen molar-refractivity contribution in [3.05, 3.63) is 42.2 Å². The Bertz CT molecular complexity index is 837. The van der Waals surface area contributed by atoms with E-state index < -0.39 is 0 Å². The molecule has 5 nitrogen and oxygen atoms in total. The first-order valence-electron chi connectivity index (χ1n) is 13.5. The molecule has 0 unspecified atom stereocenters. The van der Waals surface area contributed by atoms with Crippen molar-refractivity contribution in [2.24, 2.45) is 0 Å². The Labute approximate surface area is 200 Å². The first kappa shape index (κ1) is 23.1. The quantitative estimate of drug-likeness (QED) is 0.612. The van der Waals surface area contributed by atoms with Gasteiger partial charge in [-0.1, -0.05) is 30.7 Å². The second kappa shape index (κ2) is 11.2. The minimum atomic E-state index is 0.725. The van der Waals surface area contributed by atoms with E-state index in [4.69, 9.17) is 0 Å². The fraction of sp³-hybridized carbons (Fsp3) is 0.679. The van der Waals surface area contributed by atoms with Gasteiger partial charge in [0.25, 0.3) is 0 Å². The van der Waals surface area contributed by atoms with Gasteiger partial charge in [-0.15, -0.1) is 0 Å². The topological polar surface area (TPSA) is 27.5 Å². The number of likely N-dealkylation sites (tertiary alicyclic amines) is 3. The van der Waals surface area contributed by atoms with E-state index in [9.17, 15) is 0 Å². The third-order valence-corrected chi connectivity index (χ3v) is 8.39. The Morgan fingerprint density at radius 3 is 2.24 bits per heavy atom. The molecule has 33 heavy (non-hydrogen) atoms. The van der Waals surface area contributed by atoms with E-state index in [0.29, 0.717) is 0 Å². The van der Waals surface area contributed by atoms with E-state index in [1.807, 2.05) is 6.20 Å². The van der Waals surface area contributed by atoms with Gasteiger partial charge in [0.15, 0.2) is 0 Å². The van der Waals surface area contributed by atoms with Crippen LogP contribution < -0.4 is 0 Å². The van der Waals surface area contributed by atoms with Crippen LogP contribution in [0.2, 0.25) is 0 Å². The van der Waals surface area contributed by atoms with Crippen molar-refractivity contribution in [3.63, 3.8) is 0 Å². The molecule has 1 aromatic heterocycles. The second-order valence-corrected chi connectivity index (χ2v) is 10.7. The van der Waals surface area contributed by atoms with Crippen LogP contribution in [0.3, 0.4) is 0 Å². The summed E-state index contributed by atoms with van der Waals surface area (Å²) in [7, 11) is 2.23. The van der Waals surface area contributed by atoms with E-state index >= 15 is 0 Å². The maximum Gasteiger partial charge on any atom is 0.0568 e. The average Bonchev–Trinajstić information content (AvgIpc) is 3.35.